The van der Waals surface area contributed by atoms with Crippen LogP contribution >= 0.6 is 11.6 Å². The maximum atomic E-state index is 11.9. The van der Waals surface area contributed by atoms with Crippen molar-refractivity contribution in [3.63, 3.8) is 0 Å². The molecule has 3 rings (SSSR count). The summed E-state index contributed by atoms with van der Waals surface area (Å²) in [7, 11) is 0. The van der Waals surface area contributed by atoms with Gasteiger partial charge in [-0.05, 0) is 47.7 Å². The first kappa shape index (κ1) is 11.4. The maximum absolute atomic E-state index is 11.9. The minimum Gasteiger partial charge on any atom is -0.440 e. The van der Waals surface area contributed by atoms with Crippen LogP contribution in [0.1, 0.15) is 21.7 Å². The van der Waals surface area contributed by atoms with Crippen molar-refractivity contribution in [2.45, 2.75) is 18.9 Å². The molecule has 1 aliphatic rings. The zero-order chi connectivity index (χ0) is 12.5. The quantitative estimate of drug-likeness (QED) is 0.903. The Morgan fingerprint density at radius 3 is 2.39 bits per heavy atom. The fourth-order valence-corrected chi connectivity index (χ4v) is 2.50. The SMILES string of the molecule is O=C(NC1Cc2ccccc2C1)c1ccc(Cl)o1. The van der Waals surface area contributed by atoms with Crippen LogP contribution in [0.5, 0.6) is 0 Å². The Morgan fingerprint density at radius 1 is 1.17 bits per heavy atom. The first-order valence-electron chi connectivity index (χ1n) is 5.85. The Kier molecular flexibility index (Phi) is 2.84. The Balaban J connectivity index is 1.68. The van der Waals surface area contributed by atoms with Crippen LogP contribution in [-0.2, 0) is 12.8 Å². The molecule has 0 radical (unpaired) electrons. The Labute approximate surface area is 110 Å². The van der Waals surface area contributed by atoms with E-state index < -0.39 is 0 Å². The molecule has 1 heterocycles. The van der Waals surface area contributed by atoms with Crippen LogP contribution in [0.3, 0.4) is 0 Å². The summed E-state index contributed by atoms with van der Waals surface area (Å²) in [6, 6.07) is 11.5. The van der Waals surface area contributed by atoms with E-state index in [2.05, 4.69) is 17.4 Å². The largest absolute Gasteiger partial charge is 0.440 e. The lowest BCUT2D eigenvalue weighted by Crippen LogP contribution is -2.35. The zero-order valence-corrected chi connectivity index (χ0v) is 10.4. The summed E-state index contributed by atoms with van der Waals surface area (Å²) >= 11 is 5.65. The summed E-state index contributed by atoms with van der Waals surface area (Å²) in [5.74, 6) is 0.0515. The number of hydrogen-bond donors (Lipinski definition) is 1. The highest BCUT2D eigenvalue weighted by Crippen LogP contribution is 2.22. The van der Waals surface area contributed by atoms with Gasteiger partial charge >= 0.3 is 0 Å². The van der Waals surface area contributed by atoms with E-state index >= 15 is 0 Å². The van der Waals surface area contributed by atoms with Crippen molar-refractivity contribution >= 4 is 17.5 Å². The van der Waals surface area contributed by atoms with Gasteiger partial charge in [-0.2, -0.15) is 0 Å². The molecule has 0 fully saturated rings. The van der Waals surface area contributed by atoms with Gasteiger partial charge in [0.1, 0.15) is 0 Å². The number of benzene rings is 1. The lowest BCUT2D eigenvalue weighted by atomic mass is 10.1. The number of carbonyl (C=O) groups is 1. The van der Waals surface area contributed by atoms with Crippen LogP contribution in [-0.4, -0.2) is 11.9 Å². The average Bonchev–Trinajstić information content (AvgIpc) is 2.94. The van der Waals surface area contributed by atoms with Crippen molar-refractivity contribution in [1.29, 1.82) is 0 Å². The van der Waals surface area contributed by atoms with Crippen LogP contribution in [0.2, 0.25) is 5.22 Å². The fourth-order valence-electron chi connectivity index (χ4n) is 2.35. The molecular formula is C14H12ClNO2. The van der Waals surface area contributed by atoms with Crippen molar-refractivity contribution in [1.82, 2.24) is 5.32 Å². The first-order valence-corrected chi connectivity index (χ1v) is 6.23. The smallest absolute Gasteiger partial charge is 0.287 e. The molecule has 1 aromatic heterocycles. The van der Waals surface area contributed by atoms with Crippen molar-refractivity contribution in [3.8, 4) is 0 Å². The second-order valence-electron chi connectivity index (χ2n) is 4.45. The molecule has 1 aromatic carbocycles. The number of rotatable bonds is 2. The number of hydrogen-bond acceptors (Lipinski definition) is 2. The van der Waals surface area contributed by atoms with Gasteiger partial charge in [-0.1, -0.05) is 24.3 Å². The molecular weight excluding hydrogens is 250 g/mol. The van der Waals surface area contributed by atoms with E-state index in [0.717, 1.165) is 12.8 Å². The summed E-state index contributed by atoms with van der Waals surface area (Å²) in [6.45, 7) is 0. The molecule has 3 nitrogen and oxygen atoms in total. The van der Waals surface area contributed by atoms with Gasteiger partial charge < -0.3 is 9.73 Å². The molecule has 1 aliphatic carbocycles. The highest BCUT2D eigenvalue weighted by Gasteiger charge is 2.23. The van der Waals surface area contributed by atoms with Crippen molar-refractivity contribution in [2.24, 2.45) is 0 Å². The molecule has 92 valence electrons. The van der Waals surface area contributed by atoms with Gasteiger partial charge in [-0.25, -0.2) is 0 Å². The summed E-state index contributed by atoms with van der Waals surface area (Å²) in [6.07, 6.45) is 1.74. The van der Waals surface area contributed by atoms with E-state index in [1.165, 1.54) is 11.1 Å². The number of furan rings is 1. The zero-order valence-electron chi connectivity index (χ0n) is 9.65. The molecule has 18 heavy (non-hydrogen) atoms. The van der Waals surface area contributed by atoms with Crippen LogP contribution in [0, 0.1) is 0 Å². The summed E-state index contributed by atoms with van der Waals surface area (Å²) in [5.41, 5.74) is 2.61. The predicted octanol–water partition coefficient (Wildman–Crippen LogP) is 2.83. The van der Waals surface area contributed by atoms with Gasteiger partial charge in [0.15, 0.2) is 11.0 Å². The minimum absolute atomic E-state index is 0.138. The molecule has 0 spiro atoms. The molecule has 0 atom stereocenters. The van der Waals surface area contributed by atoms with Gasteiger partial charge in [0, 0.05) is 6.04 Å². The van der Waals surface area contributed by atoms with E-state index in [0.29, 0.717) is 0 Å². The van der Waals surface area contributed by atoms with E-state index in [-0.39, 0.29) is 22.9 Å². The molecule has 2 aromatic rings. The topological polar surface area (TPSA) is 42.2 Å². The van der Waals surface area contributed by atoms with Gasteiger partial charge in [-0.3, -0.25) is 4.79 Å². The lowest BCUT2D eigenvalue weighted by molar-refractivity contribution is 0.0910. The van der Waals surface area contributed by atoms with Crippen LogP contribution in [0.25, 0.3) is 0 Å². The van der Waals surface area contributed by atoms with Gasteiger partial charge in [0.2, 0.25) is 0 Å². The molecule has 0 bridgehead atoms. The standard InChI is InChI=1S/C14H12ClNO2/c15-13-6-5-12(18-13)14(17)16-11-7-9-3-1-2-4-10(9)8-11/h1-6,11H,7-8H2,(H,16,17). The van der Waals surface area contributed by atoms with E-state index in [9.17, 15) is 4.79 Å². The molecule has 0 saturated carbocycles. The monoisotopic (exact) mass is 261 g/mol. The maximum Gasteiger partial charge on any atom is 0.287 e. The average molecular weight is 262 g/mol. The Morgan fingerprint density at radius 2 is 1.83 bits per heavy atom. The van der Waals surface area contributed by atoms with Crippen molar-refractivity contribution in [3.05, 3.63) is 58.5 Å². The third-order valence-electron chi connectivity index (χ3n) is 3.18. The van der Waals surface area contributed by atoms with Gasteiger partial charge in [0.05, 0.1) is 0 Å². The normalized spacial score (nSPS) is 14.5. The number of carbonyl (C=O) groups excluding carboxylic acids is 1. The number of nitrogens with one attached hydrogen (secondary N) is 1. The van der Waals surface area contributed by atoms with Crippen LogP contribution in [0.4, 0.5) is 0 Å². The first-order chi connectivity index (χ1) is 8.72. The van der Waals surface area contributed by atoms with E-state index in [1.807, 2.05) is 12.1 Å². The number of halogens is 1. The Hall–Kier alpha value is -1.74. The molecule has 4 heteroatoms. The second kappa shape index (κ2) is 4.50. The van der Waals surface area contributed by atoms with Gasteiger partial charge in [-0.15, -0.1) is 0 Å². The molecule has 0 aliphatic heterocycles. The van der Waals surface area contributed by atoms with Gasteiger partial charge in [0.25, 0.3) is 5.91 Å². The lowest BCUT2D eigenvalue weighted by Gasteiger charge is -2.10. The Bertz CT molecular complexity index is 566. The van der Waals surface area contributed by atoms with Crippen molar-refractivity contribution < 1.29 is 9.21 Å². The highest BCUT2D eigenvalue weighted by molar-refractivity contribution is 6.29. The summed E-state index contributed by atoms with van der Waals surface area (Å²) in [5, 5.41) is 3.20. The summed E-state index contributed by atoms with van der Waals surface area (Å²) in [4.78, 5) is 11.9. The third kappa shape index (κ3) is 2.14. The fraction of sp³-hybridized carbons (Fsp3) is 0.214. The van der Waals surface area contributed by atoms with E-state index in [4.69, 9.17) is 16.0 Å². The van der Waals surface area contributed by atoms with E-state index in [1.54, 1.807) is 12.1 Å². The molecule has 1 N–H and O–H groups in total. The van der Waals surface area contributed by atoms with Crippen LogP contribution in [0.15, 0.2) is 40.8 Å². The summed E-state index contributed by atoms with van der Waals surface area (Å²) < 4.78 is 5.09. The van der Waals surface area contributed by atoms with Crippen LogP contribution < -0.4 is 5.32 Å². The van der Waals surface area contributed by atoms with Crippen molar-refractivity contribution in [2.75, 3.05) is 0 Å². The highest BCUT2D eigenvalue weighted by atomic mass is 35.5. The minimum atomic E-state index is -0.209. The predicted molar refractivity (Wildman–Crippen MR) is 68.8 cm³/mol. The number of fused-ring (bicyclic) bond motifs is 1. The molecule has 0 unspecified atom stereocenters. The number of amides is 1. The second-order valence-corrected chi connectivity index (χ2v) is 4.82. The third-order valence-corrected chi connectivity index (χ3v) is 3.39. The molecule has 1 amide bonds. The molecule has 0 saturated heterocycles.